The Kier molecular flexibility index (Phi) is 5.66. The number of halogens is 1. The molecule has 1 aromatic rings. The van der Waals surface area contributed by atoms with E-state index < -0.39 is 18.4 Å². The van der Waals surface area contributed by atoms with Gasteiger partial charge in [-0.25, -0.2) is 4.79 Å². The second-order valence-corrected chi connectivity index (χ2v) is 6.04. The topological polar surface area (TPSA) is 90.0 Å². The molecule has 8 heteroatoms. The maximum absolute atomic E-state index is 12.8. The molecule has 1 unspecified atom stereocenters. The fraction of sp³-hybridized carbons (Fsp3) is 0.438. The van der Waals surface area contributed by atoms with E-state index in [-0.39, 0.29) is 22.7 Å². The van der Waals surface area contributed by atoms with Crippen molar-refractivity contribution in [3.63, 3.8) is 0 Å². The first-order valence-corrected chi connectivity index (χ1v) is 8.10. The van der Waals surface area contributed by atoms with E-state index in [1.54, 1.807) is 19.1 Å². The standard InChI is InChI=1S/C16H20ClN3O4/c1-3-10(2)20(9-14(21)22)15(23)12-8-11(4-5-13(12)17)19-7-6-18-16(19)24/h4-5,8,10H,3,6-7,9H2,1-2H3,(H,18,24)(H,21,22). The number of benzene rings is 1. The zero-order valence-corrected chi connectivity index (χ0v) is 14.3. The number of carbonyl (C=O) groups excluding carboxylic acids is 2. The maximum Gasteiger partial charge on any atom is 0.323 e. The Morgan fingerprint density at radius 2 is 2.17 bits per heavy atom. The van der Waals surface area contributed by atoms with Crippen LogP contribution in [0.15, 0.2) is 18.2 Å². The van der Waals surface area contributed by atoms with Gasteiger partial charge in [0.25, 0.3) is 5.91 Å². The van der Waals surface area contributed by atoms with E-state index in [2.05, 4.69) is 5.32 Å². The SMILES string of the molecule is CCC(C)N(CC(=O)O)C(=O)c1cc(N2CCNC2=O)ccc1Cl. The molecule has 2 N–H and O–H groups in total. The van der Waals surface area contributed by atoms with Gasteiger partial charge < -0.3 is 15.3 Å². The van der Waals surface area contributed by atoms with Crippen LogP contribution in [0.25, 0.3) is 0 Å². The average molecular weight is 354 g/mol. The van der Waals surface area contributed by atoms with E-state index in [0.29, 0.717) is 25.2 Å². The molecule has 0 radical (unpaired) electrons. The van der Waals surface area contributed by atoms with Crippen molar-refractivity contribution in [2.75, 3.05) is 24.5 Å². The smallest absolute Gasteiger partial charge is 0.323 e. The molecule has 7 nitrogen and oxygen atoms in total. The van der Waals surface area contributed by atoms with Crippen molar-refractivity contribution < 1.29 is 19.5 Å². The number of anilines is 1. The van der Waals surface area contributed by atoms with Gasteiger partial charge in [0.15, 0.2) is 0 Å². The first-order valence-electron chi connectivity index (χ1n) is 7.72. The highest BCUT2D eigenvalue weighted by Crippen LogP contribution is 2.26. The van der Waals surface area contributed by atoms with Crippen LogP contribution in [-0.2, 0) is 4.79 Å². The first kappa shape index (κ1) is 18.1. The van der Waals surface area contributed by atoms with Gasteiger partial charge in [-0.2, -0.15) is 0 Å². The molecule has 1 fully saturated rings. The van der Waals surface area contributed by atoms with Gasteiger partial charge in [-0.15, -0.1) is 0 Å². The highest BCUT2D eigenvalue weighted by Gasteiger charge is 2.27. The molecule has 0 spiro atoms. The highest BCUT2D eigenvalue weighted by atomic mass is 35.5. The number of urea groups is 1. The van der Waals surface area contributed by atoms with Crippen molar-refractivity contribution in [2.24, 2.45) is 0 Å². The fourth-order valence-electron chi connectivity index (χ4n) is 2.51. The number of nitrogens with zero attached hydrogens (tertiary/aromatic N) is 2. The van der Waals surface area contributed by atoms with E-state index in [1.807, 2.05) is 6.92 Å². The van der Waals surface area contributed by atoms with Gasteiger partial charge in [0.05, 0.1) is 10.6 Å². The quantitative estimate of drug-likeness (QED) is 0.820. The molecule has 0 saturated carbocycles. The van der Waals surface area contributed by atoms with Crippen molar-refractivity contribution in [3.05, 3.63) is 28.8 Å². The van der Waals surface area contributed by atoms with Crippen LogP contribution in [0, 0.1) is 0 Å². The monoisotopic (exact) mass is 353 g/mol. The predicted octanol–water partition coefficient (Wildman–Crippen LogP) is 2.19. The Labute approximate surface area is 145 Å². The molecule has 3 amide bonds. The Bertz CT molecular complexity index is 665. The van der Waals surface area contributed by atoms with E-state index in [0.717, 1.165) is 0 Å². The van der Waals surface area contributed by atoms with Crippen LogP contribution in [0.1, 0.15) is 30.6 Å². The van der Waals surface area contributed by atoms with E-state index >= 15 is 0 Å². The number of hydrogen-bond donors (Lipinski definition) is 2. The largest absolute Gasteiger partial charge is 0.480 e. The third-order valence-electron chi connectivity index (χ3n) is 4.04. The molecule has 24 heavy (non-hydrogen) atoms. The van der Waals surface area contributed by atoms with Crippen molar-refractivity contribution in [3.8, 4) is 0 Å². The Morgan fingerprint density at radius 3 is 2.71 bits per heavy atom. The summed E-state index contributed by atoms with van der Waals surface area (Å²) >= 11 is 6.15. The predicted molar refractivity (Wildman–Crippen MR) is 90.6 cm³/mol. The number of rotatable bonds is 6. The molecule has 0 aromatic heterocycles. The molecule has 130 valence electrons. The molecule has 1 atom stereocenters. The number of carbonyl (C=O) groups is 3. The molecule has 1 saturated heterocycles. The molecule has 1 aromatic carbocycles. The van der Waals surface area contributed by atoms with Crippen LogP contribution in [-0.4, -0.2) is 53.6 Å². The van der Waals surface area contributed by atoms with Crippen LogP contribution in [0.3, 0.4) is 0 Å². The van der Waals surface area contributed by atoms with Crippen LogP contribution in [0.5, 0.6) is 0 Å². The number of nitrogens with one attached hydrogen (secondary N) is 1. The lowest BCUT2D eigenvalue weighted by atomic mass is 10.1. The second kappa shape index (κ2) is 7.53. The molecule has 0 aliphatic carbocycles. The third-order valence-corrected chi connectivity index (χ3v) is 4.37. The molecular weight excluding hydrogens is 334 g/mol. The maximum atomic E-state index is 12.8. The zero-order chi connectivity index (χ0) is 17.9. The zero-order valence-electron chi connectivity index (χ0n) is 13.6. The van der Waals surface area contributed by atoms with Crippen LogP contribution < -0.4 is 10.2 Å². The molecule has 1 aliphatic heterocycles. The highest BCUT2D eigenvalue weighted by molar-refractivity contribution is 6.34. The molecule has 1 heterocycles. The number of amides is 3. The van der Waals surface area contributed by atoms with Gasteiger partial charge in [0, 0.05) is 24.8 Å². The summed E-state index contributed by atoms with van der Waals surface area (Å²) in [5.74, 6) is -1.55. The molecule has 2 rings (SSSR count). The van der Waals surface area contributed by atoms with Crippen LogP contribution in [0.2, 0.25) is 5.02 Å². The lowest BCUT2D eigenvalue weighted by molar-refractivity contribution is -0.138. The Hall–Kier alpha value is -2.28. The van der Waals surface area contributed by atoms with Gasteiger partial charge >= 0.3 is 12.0 Å². The molecule has 0 bridgehead atoms. The van der Waals surface area contributed by atoms with E-state index in [4.69, 9.17) is 16.7 Å². The summed E-state index contributed by atoms with van der Waals surface area (Å²) in [4.78, 5) is 38.5. The summed E-state index contributed by atoms with van der Waals surface area (Å²) in [6, 6.07) is 4.26. The van der Waals surface area contributed by atoms with Gasteiger partial charge in [-0.05, 0) is 31.5 Å². The van der Waals surface area contributed by atoms with Gasteiger partial charge in [-0.1, -0.05) is 18.5 Å². The number of hydrogen-bond acceptors (Lipinski definition) is 3. The second-order valence-electron chi connectivity index (χ2n) is 5.63. The fourth-order valence-corrected chi connectivity index (χ4v) is 2.71. The third kappa shape index (κ3) is 3.79. The lowest BCUT2D eigenvalue weighted by Crippen LogP contribution is -2.42. The Balaban J connectivity index is 2.36. The van der Waals surface area contributed by atoms with Gasteiger partial charge in [-0.3, -0.25) is 14.5 Å². The number of carboxylic acid groups (broad SMARTS) is 1. The van der Waals surface area contributed by atoms with Crippen molar-refractivity contribution in [1.82, 2.24) is 10.2 Å². The molecule has 1 aliphatic rings. The van der Waals surface area contributed by atoms with Crippen molar-refractivity contribution in [2.45, 2.75) is 26.3 Å². The minimum atomic E-state index is -1.09. The summed E-state index contributed by atoms with van der Waals surface area (Å²) < 4.78 is 0. The average Bonchev–Trinajstić information content (AvgIpc) is 2.97. The summed E-state index contributed by atoms with van der Waals surface area (Å²) in [6.45, 7) is 4.28. The minimum Gasteiger partial charge on any atom is -0.480 e. The summed E-state index contributed by atoms with van der Waals surface area (Å²) in [5, 5.41) is 12.0. The van der Waals surface area contributed by atoms with Gasteiger partial charge in [0.1, 0.15) is 6.54 Å². The van der Waals surface area contributed by atoms with Crippen molar-refractivity contribution in [1.29, 1.82) is 0 Å². The van der Waals surface area contributed by atoms with Crippen LogP contribution in [0.4, 0.5) is 10.5 Å². The van der Waals surface area contributed by atoms with Crippen molar-refractivity contribution >= 4 is 35.2 Å². The Morgan fingerprint density at radius 1 is 1.46 bits per heavy atom. The first-order chi connectivity index (χ1) is 11.3. The lowest BCUT2D eigenvalue weighted by Gasteiger charge is -2.27. The number of carboxylic acids is 1. The van der Waals surface area contributed by atoms with E-state index in [1.165, 1.54) is 15.9 Å². The summed E-state index contributed by atoms with van der Waals surface area (Å²) in [5.41, 5.74) is 0.743. The number of aliphatic carboxylic acids is 1. The normalized spacial score (nSPS) is 15.1. The minimum absolute atomic E-state index is 0.190. The molecular formula is C16H20ClN3O4. The van der Waals surface area contributed by atoms with Gasteiger partial charge in [0.2, 0.25) is 0 Å². The van der Waals surface area contributed by atoms with Crippen LogP contribution >= 0.6 is 11.6 Å². The summed E-state index contributed by atoms with van der Waals surface area (Å²) in [7, 11) is 0. The summed E-state index contributed by atoms with van der Waals surface area (Å²) in [6.07, 6.45) is 0.616. The van der Waals surface area contributed by atoms with E-state index in [9.17, 15) is 14.4 Å².